The lowest BCUT2D eigenvalue weighted by Gasteiger charge is -2.11. The maximum atomic E-state index is 12.4. The molecular formula is C19H18N4O5. The van der Waals surface area contributed by atoms with Gasteiger partial charge in [-0.1, -0.05) is 18.2 Å². The van der Waals surface area contributed by atoms with Crippen molar-refractivity contribution in [3.05, 3.63) is 69.4 Å². The highest BCUT2D eigenvalue weighted by Gasteiger charge is 2.11. The molecule has 0 bridgehead atoms. The van der Waals surface area contributed by atoms with Crippen LogP contribution in [-0.4, -0.2) is 35.1 Å². The van der Waals surface area contributed by atoms with Crippen LogP contribution in [-0.2, 0) is 20.9 Å². The summed E-state index contributed by atoms with van der Waals surface area (Å²) < 4.78 is 5.94. The van der Waals surface area contributed by atoms with Gasteiger partial charge in [-0.3, -0.25) is 23.9 Å². The summed E-state index contributed by atoms with van der Waals surface area (Å²) >= 11 is 0. The third kappa shape index (κ3) is 4.33. The molecule has 0 atom stereocenters. The molecule has 0 aliphatic rings. The molecule has 3 N–H and O–H groups in total. The van der Waals surface area contributed by atoms with Crippen molar-refractivity contribution in [2.24, 2.45) is 0 Å². The molecule has 28 heavy (non-hydrogen) atoms. The monoisotopic (exact) mass is 382 g/mol. The van der Waals surface area contributed by atoms with Crippen molar-refractivity contribution >= 4 is 34.1 Å². The Hall–Kier alpha value is -3.72. The van der Waals surface area contributed by atoms with E-state index in [9.17, 15) is 19.2 Å². The number of ether oxygens (including phenoxy) is 1. The van der Waals surface area contributed by atoms with Gasteiger partial charge in [-0.15, -0.1) is 0 Å². The number of rotatable bonds is 6. The van der Waals surface area contributed by atoms with Gasteiger partial charge in [-0.25, -0.2) is 4.79 Å². The zero-order valence-corrected chi connectivity index (χ0v) is 15.0. The first-order valence-corrected chi connectivity index (χ1v) is 8.38. The second kappa shape index (κ2) is 8.31. The minimum Gasteiger partial charge on any atom is -0.375 e. The second-order valence-corrected chi connectivity index (χ2v) is 5.97. The van der Waals surface area contributed by atoms with E-state index < -0.39 is 17.2 Å². The first kappa shape index (κ1) is 19.1. The van der Waals surface area contributed by atoms with Crippen LogP contribution in [0.25, 0.3) is 10.9 Å². The fraction of sp³-hybridized carbons (Fsp3) is 0.158. The van der Waals surface area contributed by atoms with E-state index in [4.69, 9.17) is 4.74 Å². The Morgan fingerprint density at radius 2 is 1.68 bits per heavy atom. The van der Waals surface area contributed by atoms with Gasteiger partial charge in [0, 0.05) is 18.5 Å². The van der Waals surface area contributed by atoms with E-state index in [-0.39, 0.29) is 19.1 Å². The fourth-order valence-corrected chi connectivity index (χ4v) is 2.75. The van der Waals surface area contributed by atoms with Gasteiger partial charge in [0.05, 0.1) is 10.9 Å². The van der Waals surface area contributed by atoms with E-state index in [1.165, 1.54) is 11.7 Å². The zero-order valence-electron chi connectivity index (χ0n) is 15.0. The van der Waals surface area contributed by atoms with Crippen LogP contribution in [0.3, 0.4) is 0 Å². The normalized spacial score (nSPS) is 10.6. The van der Waals surface area contributed by atoms with Gasteiger partial charge in [0.25, 0.3) is 5.56 Å². The quantitative estimate of drug-likeness (QED) is 0.585. The molecule has 0 unspecified atom stereocenters. The Morgan fingerprint density at radius 1 is 1.00 bits per heavy atom. The van der Waals surface area contributed by atoms with Crippen LogP contribution in [0, 0.1) is 0 Å². The molecule has 3 rings (SSSR count). The summed E-state index contributed by atoms with van der Waals surface area (Å²) in [7, 11) is 1.42. The molecule has 0 aliphatic heterocycles. The third-order valence-electron chi connectivity index (χ3n) is 3.91. The van der Waals surface area contributed by atoms with Gasteiger partial charge < -0.3 is 15.4 Å². The molecule has 1 heterocycles. The Balaban J connectivity index is 1.79. The van der Waals surface area contributed by atoms with Crippen LogP contribution in [0.2, 0.25) is 0 Å². The van der Waals surface area contributed by atoms with E-state index in [0.717, 1.165) is 0 Å². The first-order valence-electron chi connectivity index (χ1n) is 8.38. The summed E-state index contributed by atoms with van der Waals surface area (Å²) in [5.74, 6) is -0.781. The van der Waals surface area contributed by atoms with Crippen molar-refractivity contribution in [1.29, 1.82) is 0 Å². The highest BCUT2D eigenvalue weighted by Crippen LogP contribution is 2.15. The molecule has 2 aromatic carbocycles. The summed E-state index contributed by atoms with van der Waals surface area (Å²) in [6.45, 7) is -0.366. The number of aromatic nitrogens is 2. The van der Waals surface area contributed by atoms with Crippen LogP contribution in [0.5, 0.6) is 0 Å². The Morgan fingerprint density at radius 3 is 2.39 bits per heavy atom. The summed E-state index contributed by atoms with van der Waals surface area (Å²) in [5.41, 5.74) is 0.136. The number of carbonyl (C=O) groups excluding carboxylic acids is 2. The number of H-pyrrole nitrogens is 1. The lowest BCUT2D eigenvalue weighted by atomic mass is 10.2. The fourth-order valence-electron chi connectivity index (χ4n) is 2.75. The Labute approximate surface area is 159 Å². The standard InChI is InChI=1S/C19H18N4O5/c1-28-11-17(25)21-13-6-4-5-12(9-13)20-16(24)10-23-15-8-3-2-7-14(15)18(26)22-19(23)27/h2-9H,10-11H2,1H3,(H,20,24)(H,21,25)(H,22,26,27). The molecule has 1 aromatic heterocycles. The average molecular weight is 382 g/mol. The van der Waals surface area contributed by atoms with Crippen LogP contribution >= 0.6 is 0 Å². The number of nitrogens with zero attached hydrogens (tertiary/aromatic N) is 1. The average Bonchev–Trinajstić information content (AvgIpc) is 2.65. The molecule has 3 aromatic rings. The van der Waals surface area contributed by atoms with Gasteiger partial charge in [0.1, 0.15) is 13.2 Å². The predicted octanol–water partition coefficient (Wildman–Crippen LogP) is 0.913. The highest BCUT2D eigenvalue weighted by atomic mass is 16.5. The topological polar surface area (TPSA) is 122 Å². The first-order chi connectivity index (χ1) is 13.5. The molecule has 0 saturated carbocycles. The number of para-hydroxylation sites is 1. The molecule has 0 spiro atoms. The number of fused-ring (bicyclic) bond motifs is 1. The molecule has 0 radical (unpaired) electrons. The summed E-state index contributed by atoms with van der Waals surface area (Å²) in [6.07, 6.45) is 0. The van der Waals surface area contributed by atoms with Crippen molar-refractivity contribution in [2.45, 2.75) is 6.54 Å². The van der Waals surface area contributed by atoms with Gasteiger partial charge in [0.15, 0.2) is 0 Å². The van der Waals surface area contributed by atoms with Crippen LogP contribution < -0.4 is 21.9 Å². The van der Waals surface area contributed by atoms with E-state index in [2.05, 4.69) is 15.6 Å². The lowest BCUT2D eigenvalue weighted by molar-refractivity contribution is -0.119. The molecule has 9 heteroatoms. The maximum Gasteiger partial charge on any atom is 0.329 e. The minimum atomic E-state index is -0.667. The Kier molecular flexibility index (Phi) is 5.66. The zero-order chi connectivity index (χ0) is 20.1. The van der Waals surface area contributed by atoms with E-state index >= 15 is 0 Å². The number of carbonyl (C=O) groups is 2. The number of anilines is 2. The molecule has 144 valence electrons. The Bertz CT molecular complexity index is 1150. The largest absolute Gasteiger partial charge is 0.375 e. The van der Waals surface area contributed by atoms with Crippen LogP contribution in [0.4, 0.5) is 11.4 Å². The highest BCUT2D eigenvalue weighted by molar-refractivity contribution is 5.94. The molecule has 0 aliphatic carbocycles. The maximum absolute atomic E-state index is 12.4. The van der Waals surface area contributed by atoms with Gasteiger partial charge >= 0.3 is 5.69 Å². The van der Waals surface area contributed by atoms with Crippen LogP contribution in [0.15, 0.2) is 58.1 Å². The lowest BCUT2D eigenvalue weighted by Crippen LogP contribution is -2.34. The SMILES string of the molecule is COCC(=O)Nc1cccc(NC(=O)Cn2c(=O)[nH]c(=O)c3ccccc32)c1. The van der Waals surface area contributed by atoms with E-state index in [1.54, 1.807) is 48.5 Å². The smallest absolute Gasteiger partial charge is 0.329 e. The number of hydrogen-bond acceptors (Lipinski definition) is 5. The molecule has 0 saturated heterocycles. The summed E-state index contributed by atoms with van der Waals surface area (Å²) in [6, 6.07) is 13.1. The van der Waals surface area contributed by atoms with Crippen molar-refractivity contribution in [1.82, 2.24) is 9.55 Å². The molecule has 9 nitrogen and oxygen atoms in total. The number of nitrogens with one attached hydrogen (secondary N) is 3. The summed E-state index contributed by atoms with van der Waals surface area (Å²) in [5, 5.41) is 5.62. The van der Waals surface area contributed by atoms with Crippen molar-refractivity contribution in [2.75, 3.05) is 24.4 Å². The van der Waals surface area contributed by atoms with Crippen molar-refractivity contribution in [3.8, 4) is 0 Å². The van der Waals surface area contributed by atoms with E-state index in [0.29, 0.717) is 22.3 Å². The van der Waals surface area contributed by atoms with Gasteiger partial charge in [-0.2, -0.15) is 0 Å². The number of hydrogen-bond donors (Lipinski definition) is 3. The molecular weight excluding hydrogens is 364 g/mol. The van der Waals surface area contributed by atoms with Crippen molar-refractivity contribution in [3.63, 3.8) is 0 Å². The summed E-state index contributed by atoms with van der Waals surface area (Å²) in [4.78, 5) is 50.3. The van der Waals surface area contributed by atoms with E-state index in [1.807, 2.05) is 0 Å². The van der Waals surface area contributed by atoms with Gasteiger partial charge in [0.2, 0.25) is 11.8 Å². The van der Waals surface area contributed by atoms with Crippen LogP contribution in [0.1, 0.15) is 0 Å². The minimum absolute atomic E-state index is 0.0845. The predicted molar refractivity (Wildman–Crippen MR) is 104 cm³/mol. The third-order valence-corrected chi connectivity index (χ3v) is 3.91. The number of amides is 2. The molecule has 2 amide bonds. The number of methoxy groups -OCH3 is 1. The van der Waals surface area contributed by atoms with Gasteiger partial charge in [-0.05, 0) is 30.3 Å². The number of benzene rings is 2. The second-order valence-electron chi connectivity index (χ2n) is 5.97. The van der Waals surface area contributed by atoms with Crippen molar-refractivity contribution < 1.29 is 14.3 Å². The molecule has 0 fully saturated rings. The number of aromatic amines is 1.